The Labute approximate surface area is 108 Å². The molecule has 2 heterocycles. The maximum atomic E-state index is 12.5. The van der Waals surface area contributed by atoms with Gasteiger partial charge in [-0.1, -0.05) is 13.0 Å². The van der Waals surface area contributed by atoms with E-state index in [4.69, 9.17) is 4.74 Å². The first-order valence-electron chi connectivity index (χ1n) is 6.54. The first-order valence-corrected chi connectivity index (χ1v) is 6.54. The molecule has 0 saturated carbocycles. The molecular formula is C14H20N2O2. The highest BCUT2D eigenvalue weighted by atomic mass is 16.5. The molecular weight excluding hydrogens is 228 g/mol. The Morgan fingerprint density at radius 2 is 2.39 bits per heavy atom. The van der Waals surface area contributed by atoms with Gasteiger partial charge >= 0.3 is 0 Å². The molecule has 0 aromatic carbocycles. The molecule has 4 nitrogen and oxygen atoms in total. The minimum atomic E-state index is -0.0317. The lowest BCUT2D eigenvalue weighted by Gasteiger charge is -2.32. The van der Waals surface area contributed by atoms with E-state index in [1.165, 1.54) is 0 Å². The number of amides is 1. The average molecular weight is 248 g/mol. The quantitative estimate of drug-likeness (QED) is 0.824. The number of rotatable bonds is 3. The molecule has 2 rings (SSSR count). The first kappa shape index (κ1) is 13.0. The predicted molar refractivity (Wildman–Crippen MR) is 70.4 cm³/mol. The van der Waals surface area contributed by atoms with Gasteiger partial charge < -0.3 is 4.74 Å². The molecule has 98 valence electrons. The number of ether oxygens (including phenoxy) is 1. The topological polar surface area (TPSA) is 42.4 Å². The summed E-state index contributed by atoms with van der Waals surface area (Å²) in [5, 5.41) is 0. The zero-order valence-corrected chi connectivity index (χ0v) is 11.0. The fraction of sp³-hybridized carbons (Fsp3) is 0.571. The van der Waals surface area contributed by atoms with Gasteiger partial charge in [0.15, 0.2) is 0 Å². The van der Waals surface area contributed by atoms with Gasteiger partial charge in [0.25, 0.3) is 0 Å². The van der Waals surface area contributed by atoms with Crippen molar-refractivity contribution in [1.29, 1.82) is 0 Å². The van der Waals surface area contributed by atoms with Gasteiger partial charge in [-0.25, -0.2) is 4.98 Å². The van der Waals surface area contributed by atoms with E-state index in [0.29, 0.717) is 5.82 Å². The summed E-state index contributed by atoms with van der Waals surface area (Å²) >= 11 is 0. The molecule has 4 heteroatoms. The van der Waals surface area contributed by atoms with Gasteiger partial charge in [-0.2, -0.15) is 0 Å². The van der Waals surface area contributed by atoms with Crippen molar-refractivity contribution in [3.05, 3.63) is 24.4 Å². The van der Waals surface area contributed by atoms with Gasteiger partial charge in [-0.05, 0) is 31.4 Å². The van der Waals surface area contributed by atoms with Crippen LogP contribution in [0.2, 0.25) is 0 Å². The van der Waals surface area contributed by atoms with E-state index in [-0.39, 0.29) is 17.9 Å². The van der Waals surface area contributed by atoms with Crippen LogP contribution < -0.4 is 4.90 Å². The molecule has 1 fully saturated rings. The lowest BCUT2D eigenvalue weighted by Crippen LogP contribution is -2.42. The van der Waals surface area contributed by atoms with E-state index in [1.807, 2.05) is 18.2 Å². The molecule has 0 radical (unpaired) electrons. The number of hydrogen-bond acceptors (Lipinski definition) is 3. The van der Waals surface area contributed by atoms with Crippen LogP contribution in [0.5, 0.6) is 0 Å². The Bertz CT molecular complexity index is 394. The summed E-state index contributed by atoms with van der Waals surface area (Å²) in [4.78, 5) is 18.3. The van der Waals surface area contributed by atoms with E-state index in [1.54, 1.807) is 18.1 Å². The van der Waals surface area contributed by atoms with Crippen molar-refractivity contribution < 1.29 is 9.53 Å². The summed E-state index contributed by atoms with van der Waals surface area (Å²) in [7, 11) is 1.78. The van der Waals surface area contributed by atoms with Crippen LogP contribution >= 0.6 is 0 Å². The summed E-state index contributed by atoms with van der Waals surface area (Å²) in [6.07, 6.45) is 4.51. The van der Waals surface area contributed by atoms with Gasteiger partial charge in [0.1, 0.15) is 5.82 Å². The zero-order valence-electron chi connectivity index (χ0n) is 11.0. The number of carbonyl (C=O) groups excluding carboxylic acids is 1. The number of carbonyl (C=O) groups is 1. The number of anilines is 1. The second-order valence-electron chi connectivity index (χ2n) is 4.65. The molecule has 0 aliphatic carbocycles. The van der Waals surface area contributed by atoms with E-state index in [9.17, 15) is 4.79 Å². The lowest BCUT2D eigenvalue weighted by atomic mass is 9.91. The highest BCUT2D eigenvalue weighted by Gasteiger charge is 2.33. The highest BCUT2D eigenvalue weighted by molar-refractivity contribution is 5.94. The van der Waals surface area contributed by atoms with Crippen LogP contribution in [0.1, 0.15) is 26.2 Å². The fourth-order valence-electron chi connectivity index (χ4n) is 2.44. The second kappa shape index (κ2) is 5.96. The van der Waals surface area contributed by atoms with E-state index < -0.39 is 0 Å². The SMILES string of the molecule is CCC1OCCCC1C(=O)N(C)c1ccccn1. The number of pyridine rings is 1. The molecule has 0 bridgehead atoms. The third kappa shape index (κ3) is 2.70. The lowest BCUT2D eigenvalue weighted by molar-refractivity contribution is -0.131. The van der Waals surface area contributed by atoms with Crippen molar-refractivity contribution in [1.82, 2.24) is 4.98 Å². The Kier molecular flexibility index (Phi) is 4.31. The van der Waals surface area contributed by atoms with Crippen molar-refractivity contribution >= 4 is 11.7 Å². The van der Waals surface area contributed by atoms with E-state index in [0.717, 1.165) is 25.9 Å². The summed E-state index contributed by atoms with van der Waals surface area (Å²) in [5.74, 6) is 0.777. The van der Waals surface area contributed by atoms with Crippen LogP contribution in [0, 0.1) is 5.92 Å². The summed E-state index contributed by atoms with van der Waals surface area (Å²) in [5.41, 5.74) is 0. The average Bonchev–Trinajstić information content (AvgIpc) is 2.46. The predicted octanol–water partition coefficient (Wildman–Crippen LogP) is 2.25. The molecule has 18 heavy (non-hydrogen) atoms. The Hall–Kier alpha value is -1.42. The van der Waals surface area contributed by atoms with Crippen LogP contribution in [0.3, 0.4) is 0 Å². The summed E-state index contributed by atoms with van der Waals surface area (Å²) in [6, 6.07) is 5.59. The Morgan fingerprint density at radius 3 is 3.06 bits per heavy atom. The Balaban J connectivity index is 2.10. The molecule has 2 atom stereocenters. The van der Waals surface area contributed by atoms with Gasteiger partial charge in [-0.15, -0.1) is 0 Å². The van der Waals surface area contributed by atoms with Gasteiger partial charge in [-0.3, -0.25) is 9.69 Å². The highest BCUT2D eigenvalue weighted by Crippen LogP contribution is 2.26. The van der Waals surface area contributed by atoms with Crippen LogP contribution in [-0.2, 0) is 9.53 Å². The van der Waals surface area contributed by atoms with Crippen LogP contribution in [-0.4, -0.2) is 30.6 Å². The molecule has 1 amide bonds. The molecule has 0 N–H and O–H groups in total. The van der Waals surface area contributed by atoms with Crippen LogP contribution in [0.15, 0.2) is 24.4 Å². The number of nitrogens with zero attached hydrogens (tertiary/aromatic N) is 2. The number of hydrogen-bond donors (Lipinski definition) is 0. The summed E-state index contributed by atoms with van der Waals surface area (Å²) < 4.78 is 5.68. The molecule has 1 aromatic heterocycles. The first-order chi connectivity index (χ1) is 8.74. The molecule has 0 spiro atoms. The standard InChI is InChI=1S/C14H20N2O2/c1-3-12-11(7-6-10-18-12)14(17)16(2)13-8-4-5-9-15-13/h4-5,8-9,11-12H,3,6-7,10H2,1-2H3. The molecule has 1 saturated heterocycles. The Morgan fingerprint density at radius 1 is 1.56 bits per heavy atom. The van der Waals surface area contributed by atoms with Crippen molar-refractivity contribution in [2.75, 3.05) is 18.6 Å². The normalized spacial score (nSPS) is 23.7. The van der Waals surface area contributed by atoms with E-state index >= 15 is 0 Å². The third-order valence-electron chi connectivity index (χ3n) is 3.48. The zero-order chi connectivity index (χ0) is 13.0. The van der Waals surface area contributed by atoms with E-state index in [2.05, 4.69) is 11.9 Å². The van der Waals surface area contributed by atoms with Crippen molar-refractivity contribution in [3.63, 3.8) is 0 Å². The largest absolute Gasteiger partial charge is 0.377 e. The third-order valence-corrected chi connectivity index (χ3v) is 3.48. The van der Waals surface area contributed by atoms with Crippen molar-refractivity contribution in [2.45, 2.75) is 32.3 Å². The van der Waals surface area contributed by atoms with Crippen molar-refractivity contribution in [2.24, 2.45) is 5.92 Å². The second-order valence-corrected chi connectivity index (χ2v) is 4.65. The monoisotopic (exact) mass is 248 g/mol. The van der Waals surface area contributed by atoms with Gasteiger partial charge in [0.2, 0.25) is 5.91 Å². The summed E-state index contributed by atoms with van der Waals surface area (Å²) in [6.45, 7) is 2.84. The molecule has 2 unspecified atom stereocenters. The fourth-order valence-corrected chi connectivity index (χ4v) is 2.44. The minimum Gasteiger partial charge on any atom is -0.377 e. The van der Waals surface area contributed by atoms with Crippen molar-refractivity contribution in [3.8, 4) is 0 Å². The maximum Gasteiger partial charge on any atom is 0.233 e. The number of aromatic nitrogens is 1. The maximum absolute atomic E-state index is 12.5. The van der Waals surface area contributed by atoms with Crippen LogP contribution in [0.4, 0.5) is 5.82 Å². The van der Waals surface area contributed by atoms with Gasteiger partial charge in [0.05, 0.1) is 12.0 Å². The molecule has 1 aromatic rings. The molecule has 1 aliphatic heterocycles. The van der Waals surface area contributed by atoms with Gasteiger partial charge in [0, 0.05) is 19.9 Å². The smallest absolute Gasteiger partial charge is 0.233 e. The minimum absolute atomic E-state index is 0.0317. The van der Waals surface area contributed by atoms with Crippen LogP contribution in [0.25, 0.3) is 0 Å². The molecule has 1 aliphatic rings.